The molecule has 0 N–H and O–H groups in total. The number of rotatable bonds is 9. The first-order chi connectivity index (χ1) is 35.8. The molecule has 12 aromatic carbocycles. The van der Waals surface area contributed by atoms with E-state index in [0.29, 0.717) is 0 Å². The van der Waals surface area contributed by atoms with Crippen LogP contribution >= 0.6 is 42.8 Å². The summed E-state index contributed by atoms with van der Waals surface area (Å²) in [4.78, 5) is 0. The molecule has 0 unspecified atom stereocenters. The minimum atomic E-state index is -0.409. The van der Waals surface area contributed by atoms with Gasteiger partial charge in [-0.3, -0.25) is 0 Å². The second-order valence-electron chi connectivity index (χ2n) is 15.4. The third kappa shape index (κ3) is 23.7. The van der Waals surface area contributed by atoms with Crippen LogP contribution in [-0.2, 0) is 67.1 Å². The van der Waals surface area contributed by atoms with Gasteiger partial charge in [0.05, 0.1) is 0 Å². The maximum absolute atomic E-state index is 4.81. The Balaban J connectivity index is 0.000000249. The van der Waals surface area contributed by atoms with Crippen LogP contribution in [0.5, 0.6) is 0 Å². The van der Waals surface area contributed by atoms with Gasteiger partial charge in [0.15, 0.2) is 0 Å². The minimum absolute atomic E-state index is 0. The molecule has 0 aromatic heterocycles. The molecule has 0 fully saturated rings. The van der Waals surface area contributed by atoms with Crippen LogP contribution in [0.1, 0.15) is 0 Å². The molecule has 12 aromatic rings. The fraction of sp³-hybridized carbons (Fsp3) is 0. The van der Waals surface area contributed by atoms with E-state index in [9.17, 15) is 0 Å². The SMILES string of the molecule is [Cl][Pd][Cl].[Fe+2].[Fe+2].[Fe+2].c1cc[cH-]c1.c1cc[cH-]c1.c1cc[cH-]c1.c1ccc(P(c2ccccc2)c2cc[cH-]c2)cc1.c1ccc(P(c2ccccc2)c2cc[cH-]c2)cc1.c1ccc(P(c2ccccc2)c2cc[cH-]c2)cc1. The molecule has 0 saturated carbocycles. The molecule has 9 heteroatoms. The van der Waals surface area contributed by atoms with Crippen LogP contribution in [0.3, 0.4) is 0 Å². The molecular weight excluding hydrogens is 1230 g/mol. The molecule has 0 aliphatic rings. The summed E-state index contributed by atoms with van der Waals surface area (Å²) in [5, 5.41) is 12.7. The van der Waals surface area contributed by atoms with E-state index >= 15 is 0 Å². The Hall–Kier alpha value is -4.49. The zero-order valence-electron chi connectivity index (χ0n) is 40.9. The van der Waals surface area contributed by atoms with Gasteiger partial charge in [-0.2, -0.15) is 125 Å². The van der Waals surface area contributed by atoms with Crippen LogP contribution in [-0.4, -0.2) is 0 Å². The van der Waals surface area contributed by atoms with Gasteiger partial charge in [-0.25, -0.2) is 54.6 Å². The molecule has 0 bridgehead atoms. The summed E-state index contributed by atoms with van der Waals surface area (Å²) in [6, 6.07) is 121. The first-order valence-electron chi connectivity index (χ1n) is 23.4. The average molecular weight is 1290 g/mol. The van der Waals surface area contributed by atoms with E-state index < -0.39 is 23.8 Å². The van der Waals surface area contributed by atoms with Crippen molar-refractivity contribution < 1.29 is 67.1 Å². The maximum Gasteiger partial charge on any atom is 2.00 e. The van der Waals surface area contributed by atoms with Crippen molar-refractivity contribution >= 4 is 90.6 Å². The second-order valence-corrected chi connectivity index (χ2v) is 24.4. The molecule has 0 amide bonds. The van der Waals surface area contributed by atoms with E-state index in [-0.39, 0.29) is 67.1 Å². The molecule has 384 valence electrons. The Kier molecular flexibility index (Phi) is 35.2. The number of hydrogen-bond acceptors (Lipinski definition) is 0. The third-order valence-electron chi connectivity index (χ3n) is 10.5. The van der Waals surface area contributed by atoms with E-state index in [1.54, 1.807) is 0 Å². The van der Waals surface area contributed by atoms with Crippen LogP contribution in [0, 0.1) is 0 Å². The van der Waals surface area contributed by atoms with Crippen LogP contribution in [0.2, 0.25) is 0 Å². The molecule has 12 rings (SSSR count). The Morgan fingerprint density at radius 1 is 0.213 bits per heavy atom. The summed E-state index contributed by atoms with van der Waals surface area (Å²) in [5.74, 6) is 0. The van der Waals surface area contributed by atoms with Gasteiger partial charge in [-0.05, 0) is 31.8 Å². The zero-order valence-corrected chi connectivity index (χ0v) is 49.9. The normalized spacial score (nSPS) is 9.61. The topological polar surface area (TPSA) is 0 Å². The second kappa shape index (κ2) is 40.7. The number of benzene rings is 6. The summed E-state index contributed by atoms with van der Waals surface area (Å²) in [7, 11) is 8.40. The molecule has 75 heavy (non-hydrogen) atoms. The summed E-state index contributed by atoms with van der Waals surface area (Å²) in [6.45, 7) is 0. The van der Waals surface area contributed by atoms with Crippen LogP contribution < -0.4 is 47.7 Å². The van der Waals surface area contributed by atoms with Crippen LogP contribution in [0.25, 0.3) is 0 Å². The van der Waals surface area contributed by atoms with Gasteiger partial charge in [0.1, 0.15) is 0 Å². The fourth-order valence-electron chi connectivity index (χ4n) is 7.31. The predicted octanol–water partition coefficient (Wildman–Crippen LogP) is 15.1. The average Bonchev–Trinajstić information content (AvgIpc) is 4.31. The van der Waals surface area contributed by atoms with E-state index in [1.165, 1.54) is 47.7 Å². The van der Waals surface area contributed by atoms with Gasteiger partial charge >= 0.3 is 86.2 Å². The van der Waals surface area contributed by atoms with Crippen molar-refractivity contribution in [3.8, 4) is 0 Å². The Morgan fingerprint density at radius 3 is 0.507 bits per heavy atom. The fourth-order valence-corrected chi connectivity index (χ4v) is 14.2. The van der Waals surface area contributed by atoms with Crippen molar-refractivity contribution in [1.82, 2.24) is 0 Å². The van der Waals surface area contributed by atoms with Crippen molar-refractivity contribution in [3.05, 3.63) is 346 Å². The molecule has 0 spiro atoms. The molecule has 0 atom stereocenters. The standard InChI is InChI=1S/3C17H14P.3C5H5.2ClH.3Fe.Pd/c3*1-3-9-15(10-4-1)18(17-13-7-8-14-17)16-11-5-2-6-12-16;3*1-2-4-5-3-1;;;;;;/h3*1-14H;3*1-5H;2*1H;;;;/q6*-1;;;4*+2/p-2. The van der Waals surface area contributed by atoms with Gasteiger partial charge < -0.3 is 0 Å². The van der Waals surface area contributed by atoms with Gasteiger partial charge in [-0.15, -0.1) is 0 Å². The van der Waals surface area contributed by atoms with Crippen LogP contribution in [0.15, 0.2) is 346 Å². The van der Waals surface area contributed by atoms with Crippen molar-refractivity contribution in [2.24, 2.45) is 0 Å². The van der Waals surface area contributed by atoms with Gasteiger partial charge in [0, 0.05) is 0 Å². The van der Waals surface area contributed by atoms with E-state index in [4.69, 9.17) is 19.1 Å². The minimum Gasteiger partial charge on any atom is -0.214 e. The van der Waals surface area contributed by atoms with E-state index in [0.717, 1.165) is 0 Å². The summed E-state index contributed by atoms with van der Waals surface area (Å²) < 4.78 is 0. The van der Waals surface area contributed by atoms with Crippen molar-refractivity contribution in [2.45, 2.75) is 0 Å². The van der Waals surface area contributed by atoms with E-state index in [1.807, 2.05) is 91.0 Å². The Bertz CT molecular complexity index is 2480. The molecule has 0 nitrogen and oxygen atoms in total. The molecule has 0 aliphatic carbocycles. The smallest absolute Gasteiger partial charge is 0.214 e. The molecule has 0 radical (unpaired) electrons. The van der Waals surface area contributed by atoms with Gasteiger partial charge in [0.25, 0.3) is 0 Å². The van der Waals surface area contributed by atoms with Crippen molar-refractivity contribution in [3.63, 3.8) is 0 Å². The number of halogens is 2. The third-order valence-corrected chi connectivity index (χ3v) is 17.8. The first kappa shape index (κ1) is 64.8. The molecular formula is C66H57Cl2Fe3P3Pd. The van der Waals surface area contributed by atoms with Gasteiger partial charge in [-0.1, -0.05) is 206 Å². The quantitative estimate of drug-likeness (QED) is 0.0768. The maximum atomic E-state index is 4.81. The summed E-state index contributed by atoms with van der Waals surface area (Å²) in [6.07, 6.45) is 0. The summed E-state index contributed by atoms with van der Waals surface area (Å²) in [5.41, 5.74) is 0. The molecule has 0 heterocycles. The predicted molar refractivity (Wildman–Crippen MR) is 320 cm³/mol. The molecule has 0 aliphatic heterocycles. The summed E-state index contributed by atoms with van der Waals surface area (Å²) >= 11 is -0.106. The zero-order chi connectivity index (χ0) is 49.9. The van der Waals surface area contributed by atoms with Crippen molar-refractivity contribution in [2.75, 3.05) is 0 Å². The van der Waals surface area contributed by atoms with Crippen molar-refractivity contribution in [1.29, 1.82) is 0 Å². The monoisotopic (exact) mass is 1290 g/mol. The van der Waals surface area contributed by atoms with E-state index in [2.05, 4.69) is 255 Å². The number of hydrogen-bond donors (Lipinski definition) is 0. The molecule has 0 saturated heterocycles. The van der Waals surface area contributed by atoms with Crippen LogP contribution in [0.4, 0.5) is 0 Å². The van der Waals surface area contributed by atoms with Gasteiger partial charge in [0.2, 0.25) is 0 Å². The Labute approximate surface area is 498 Å². The largest absolute Gasteiger partial charge is 2.00 e. The Morgan fingerprint density at radius 2 is 0.387 bits per heavy atom. The first-order valence-corrected chi connectivity index (χ1v) is 31.5.